The Kier molecular flexibility index (Phi) is 5.35. The normalized spacial score (nSPS) is 10.8. The van der Waals surface area contributed by atoms with Gasteiger partial charge in [0.25, 0.3) is 5.69 Å². The molecule has 1 aromatic heterocycles. The quantitative estimate of drug-likeness (QED) is 0.397. The average molecular weight is 387 g/mol. The number of nitrogens with zero attached hydrogens (tertiary/aromatic N) is 3. The summed E-state index contributed by atoms with van der Waals surface area (Å²) in [4.78, 5) is 22.3. The molecule has 130 valence electrons. The number of amides is 1. The molecule has 9 heteroatoms. The van der Waals surface area contributed by atoms with Crippen LogP contribution in [0.25, 0.3) is 16.6 Å². The van der Waals surface area contributed by atoms with E-state index in [1.807, 2.05) is 18.2 Å². The van der Waals surface area contributed by atoms with Gasteiger partial charge >= 0.3 is 0 Å². The summed E-state index contributed by atoms with van der Waals surface area (Å²) in [6.07, 6.45) is 2.76. The smallest absolute Gasteiger partial charge is 0.270 e. The SMILES string of the molecule is O=C(C=Cc1cccc([N+](=O)[O-])c1)Nc1nnc(-c2ccccc2Cl)s1. The molecule has 0 fully saturated rings. The van der Waals surface area contributed by atoms with E-state index in [1.165, 1.54) is 35.6 Å². The first kappa shape index (κ1) is 17.7. The molecule has 7 nitrogen and oxygen atoms in total. The molecule has 0 aliphatic rings. The summed E-state index contributed by atoms with van der Waals surface area (Å²) in [6.45, 7) is 0. The highest BCUT2D eigenvalue weighted by atomic mass is 35.5. The van der Waals surface area contributed by atoms with E-state index >= 15 is 0 Å². The largest absolute Gasteiger partial charge is 0.297 e. The topological polar surface area (TPSA) is 98.0 Å². The lowest BCUT2D eigenvalue weighted by atomic mass is 10.2. The van der Waals surface area contributed by atoms with E-state index < -0.39 is 10.8 Å². The monoisotopic (exact) mass is 386 g/mol. The Morgan fingerprint density at radius 2 is 2.00 bits per heavy atom. The average Bonchev–Trinajstić information content (AvgIpc) is 3.08. The van der Waals surface area contributed by atoms with E-state index in [0.717, 1.165) is 5.56 Å². The molecule has 0 spiro atoms. The Labute approximate surface area is 157 Å². The van der Waals surface area contributed by atoms with Crippen molar-refractivity contribution in [1.82, 2.24) is 10.2 Å². The maximum atomic E-state index is 12.0. The number of aromatic nitrogens is 2. The van der Waals surface area contributed by atoms with Crippen LogP contribution in [0.5, 0.6) is 0 Å². The van der Waals surface area contributed by atoms with Crippen LogP contribution < -0.4 is 5.32 Å². The fourth-order valence-electron chi connectivity index (χ4n) is 2.08. The van der Waals surface area contributed by atoms with E-state index in [2.05, 4.69) is 15.5 Å². The molecule has 0 unspecified atom stereocenters. The minimum absolute atomic E-state index is 0.0407. The molecular weight excluding hydrogens is 376 g/mol. The highest BCUT2D eigenvalue weighted by Crippen LogP contribution is 2.31. The van der Waals surface area contributed by atoms with Crippen LogP contribution in [0.4, 0.5) is 10.8 Å². The van der Waals surface area contributed by atoms with Gasteiger partial charge in [-0.2, -0.15) is 0 Å². The second kappa shape index (κ2) is 7.85. The summed E-state index contributed by atoms with van der Waals surface area (Å²) in [5.74, 6) is -0.418. The van der Waals surface area contributed by atoms with E-state index in [1.54, 1.807) is 18.2 Å². The minimum Gasteiger partial charge on any atom is -0.297 e. The zero-order valence-corrected chi connectivity index (χ0v) is 14.7. The summed E-state index contributed by atoms with van der Waals surface area (Å²) >= 11 is 7.31. The lowest BCUT2D eigenvalue weighted by Crippen LogP contribution is -2.07. The first-order valence-electron chi connectivity index (χ1n) is 7.35. The van der Waals surface area contributed by atoms with Gasteiger partial charge in [-0.3, -0.25) is 20.2 Å². The van der Waals surface area contributed by atoms with Gasteiger partial charge in [0, 0.05) is 23.8 Å². The molecule has 26 heavy (non-hydrogen) atoms. The number of hydrogen-bond donors (Lipinski definition) is 1. The number of nitrogens with one attached hydrogen (secondary N) is 1. The Hall–Kier alpha value is -3.10. The number of rotatable bonds is 5. The molecular formula is C17H11ClN4O3S. The number of anilines is 1. The molecule has 0 aliphatic carbocycles. The maximum Gasteiger partial charge on any atom is 0.270 e. The third-order valence-electron chi connectivity index (χ3n) is 3.27. The number of hydrogen-bond acceptors (Lipinski definition) is 6. The fourth-order valence-corrected chi connectivity index (χ4v) is 3.15. The van der Waals surface area contributed by atoms with E-state index in [4.69, 9.17) is 11.6 Å². The van der Waals surface area contributed by atoms with Crippen LogP contribution in [0.2, 0.25) is 5.02 Å². The third-order valence-corrected chi connectivity index (χ3v) is 4.47. The maximum absolute atomic E-state index is 12.0. The molecule has 0 bridgehead atoms. The van der Waals surface area contributed by atoms with Gasteiger partial charge in [0.05, 0.1) is 9.95 Å². The van der Waals surface area contributed by atoms with E-state index in [9.17, 15) is 14.9 Å². The van der Waals surface area contributed by atoms with Gasteiger partial charge in [0.15, 0.2) is 5.01 Å². The molecule has 3 rings (SSSR count). The molecule has 0 aliphatic heterocycles. The van der Waals surface area contributed by atoms with Gasteiger partial charge in [-0.05, 0) is 17.7 Å². The van der Waals surface area contributed by atoms with Crippen LogP contribution in [0.3, 0.4) is 0 Å². The minimum atomic E-state index is -0.491. The van der Waals surface area contributed by atoms with Crippen LogP contribution in [0, 0.1) is 10.1 Å². The van der Waals surface area contributed by atoms with Crippen molar-refractivity contribution < 1.29 is 9.72 Å². The van der Waals surface area contributed by atoms with Crippen molar-refractivity contribution in [2.24, 2.45) is 0 Å². The van der Waals surface area contributed by atoms with Crippen molar-refractivity contribution in [3.8, 4) is 10.6 Å². The van der Waals surface area contributed by atoms with E-state index in [-0.39, 0.29) is 5.69 Å². The molecule has 1 N–H and O–H groups in total. The van der Waals surface area contributed by atoms with Crippen molar-refractivity contribution in [3.63, 3.8) is 0 Å². The van der Waals surface area contributed by atoms with Crippen molar-refractivity contribution in [3.05, 3.63) is 75.3 Å². The van der Waals surface area contributed by atoms with Crippen molar-refractivity contribution in [2.75, 3.05) is 5.32 Å². The van der Waals surface area contributed by atoms with Crippen LogP contribution in [0.1, 0.15) is 5.56 Å². The summed E-state index contributed by atoms with van der Waals surface area (Å²) in [5.41, 5.74) is 1.24. The zero-order valence-electron chi connectivity index (χ0n) is 13.1. The summed E-state index contributed by atoms with van der Waals surface area (Å²) < 4.78 is 0. The highest BCUT2D eigenvalue weighted by Gasteiger charge is 2.11. The molecule has 1 amide bonds. The van der Waals surface area contributed by atoms with Crippen molar-refractivity contribution >= 4 is 45.7 Å². The number of halogens is 1. The highest BCUT2D eigenvalue weighted by molar-refractivity contribution is 7.18. The van der Waals surface area contributed by atoms with Gasteiger partial charge in [-0.1, -0.05) is 53.3 Å². The predicted octanol–water partition coefficient (Wildman–Crippen LogP) is 4.42. The number of nitro benzene ring substituents is 1. The first-order valence-corrected chi connectivity index (χ1v) is 8.54. The summed E-state index contributed by atoms with van der Waals surface area (Å²) in [6, 6.07) is 13.2. The van der Waals surface area contributed by atoms with Gasteiger partial charge in [0.1, 0.15) is 0 Å². The lowest BCUT2D eigenvalue weighted by Gasteiger charge is -1.97. The van der Waals surface area contributed by atoms with Gasteiger partial charge < -0.3 is 0 Å². The standard InChI is InChI=1S/C17H11ClN4O3S/c18-14-7-2-1-6-13(14)16-20-21-17(26-16)19-15(23)9-8-11-4-3-5-12(10-11)22(24)25/h1-10H,(H,19,21,23). The second-order valence-electron chi connectivity index (χ2n) is 5.07. The van der Waals surface area contributed by atoms with Crippen LogP contribution in [-0.4, -0.2) is 21.0 Å². The van der Waals surface area contributed by atoms with Crippen molar-refractivity contribution in [1.29, 1.82) is 0 Å². The van der Waals surface area contributed by atoms with Gasteiger partial charge in [0.2, 0.25) is 11.0 Å². The zero-order chi connectivity index (χ0) is 18.5. The first-order chi connectivity index (χ1) is 12.5. The number of carbonyl (C=O) groups excluding carboxylic acids is 1. The predicted molar refractivity (Wildman–Crippen MR) is 101 cm³/mol. The van der Waals surface area contributed by atoms with Crippen LogP contribution in [-0.2, 0) is 4.79 Å². The molecule has 0 saturated heterocycles. The Bertz CT molecular complexity index is 1000. The summed E-state index contributed by atoms with van der Waals surface area (Å²) in [5, 5.41) is 22.8. The van der Waals surface area contributed by atoms with Gasteiger partial charge in [-0.25, -0.2) is 0 Å². The molecule has 0 saturated carbocycles. The Morgan fingerprint density at radius 3 is 2.77 bits per heavy atom. The van der Waals surface area contributed by atoms with Crippen LogP contribution in [0.15, 0.2) is 54.6 Å². The van der Waals surface area contributed by atoms with Crippen LogP contribution >= 0.6 is 22.9 Å². The lowest BCUT2D eigenvalue weighted by molar-refractivity contribution is -0.384. The number of carbonyl (C=O) groups is 1. The molecule has 1 heterocycles. The number of non-ortho nitro benzene ring substituents is 1. The Balaban J connectivity index is 1.68. The van der Waals surface area contributed by atoms with E-state index in [0.29, 0.717) is 20.7 Å². The number of benzene rings is 2. The summed E-state index contributed by atoms with van der Waals surface area (Å²) in [7, 11) is 0. The molecule has 0 atom stereocenters. The Morgan fingerprint density at radius 1 is 1.19 bits per heavy atom. The molecule has 2 aromatic carbocycles. The third kappa shape index (κ3) is 4.29. The van der Waals surface area contributed by atoms with Gasteiger partial charge in [-0.15, -0.1) is 10.2 Å². The fraction of sp³-hybridized carbons (Fsp3) is 0. The molecule has 0 radical (unpaired) electrons. The molecule has 3 aromatic rings. The van der Waals surface area contributed by atoms with Crippen molar-refractivity contribution in [2.45, 2.75) is 0 Å². The number of nitro groups is 1. The second-order valence-corrected chi connectivity index (χ2v) is 6.45.